The summed E-state index contributed by atoms with van der Waals surface area (Å²) in [4.78, 5) is 35.5. The highest BCUT2D eigenvalue weighted by molar-refractivity contribution is 6.02. The zero-order chi connectivity index (χ0) is 12.3. The lowest BCUT2D eigenvalue weighted by Gasteiger charge is -2.28. The Bertz CT molecular complexity index is 300. The highest BCUT2D eigenvalue weighted by Gasteiger charge is 2.38. The number of rotatable bonds is 4. The first-order chi connectivity index (χ1) is 7.52. The molecule has 90 valence electrons. The highest BCUT2D eigenvalue weighted by atomic mass is 16.5. The lowest BCUT2D eigenvalue weighted by atomic mass is 10.1. The van der Waals surface area contributed by atoms with Gasteiger partial charge >= 0.3 is 5.97 Å². The molecule has 0 aliphatic carbocycles. The number of nitrogens with one attached hydrogen (secondary N) is 1. The second-order valence-corrected chi connectivity index (χ2v) is 3.69. The second kappa shape index (κ2) is 5.07. The van der Waals surface area contributed by atoms with E-state index in [2.05, 4.69) is 10.1 Å². The maximum atomic E-state index is 11.5. The molecule has 1 heterocycles. The van der Waals surface area contributed by atoms with E-state index in [0.717, 1.165) is 4.90 Å². The minimum Gasteiger partial charge on any atom is -0.468 e. The Kier molecular flexibility index (Phi) is 4.00. The molecule has 1 aliphatic heterocycles. The van der Waals surface area contributed by atoms with Gasteiger partial charge < -0.3 is 10.1 Å². The van der Waals surface area contributed by atoms with Crippen LogP contribution in [-0.2, 0) is 19.1 Å². The molecule has 0 spiro atoms. The molecule has 0 aromatic rings. The largest absolute Gasteiger partial charge is 0.468 e. The van der Waals surface area contributed by atoms with Crippen molar-refractivity contribution in [3.05, 3.63) is 0 Å². The Morgan fingerprint density at radius 1 is 1.38 bits per heavy atom. The summed E-state index contributed by atoms with van der Waals surface area (Å²) in [7, 11) is 2.86. The minimum atomic E-state index is -0.684. The van der Waals surface area contributed by atoms with Gasteiger partial charge in [-0.05, 0) is 14.0 Å². The van der Waals surface area contributed by atoms with Crippen LogP contribution in [0.5, 0.6) is 0 Å². The van der Waals surface area contributed by atoms with Crippen molar-refractivity contribution in [3.63, 3.8) is 0 Å². The van der Waals surface area contributed by atoms with Crippen molar-refractivity contribution in [3.8, 4) is 0 Å². The normalized spacial score (nSPS) is 19.8. The summed E-state index contributed by atoms with van der Waals surface area (Å²) in [6.07, 6.45) is 0.446. The third-order valence-electron chi connectivity index (χ3n) is 2.75. The number of carbonyl (C=O) groups is 3. The molecule has 0 radical (unpaired) electrons. The van der Waals surface area contributed by atoms with E-state index in [9.17, 15) is 14.4 Å². The fourth-order valence-corrected chi connectivity index (χ4v) is 1.88. The molecule has 6 heteroatoms. The zero-order valence-corrected chi connectivity index (χ0v) is 9.65. The van der Waals surface area contributed by atoms with E-state index in [4.69, 9.17) is 0 Å². The number of imide groups is 1. The van der Waals surface area contributed by atoms with Gasteiger partial charge in [0, 0.05) is 12.8 Å². The quantitative estimate of drug-likeness (QED) is 0.508. The number of hydrogen-bond acceptors (Lipinski definition) is 5. The molecule has 1 rings (SSSR count). The molecule has 0 aromatic heterocycles. The lowest BCUT2D eigenvalue weighted by molar-refractivity contribution is -0.148. The van der Waals surface area contributed by atoms with E-state index >= 15 is 0 Å². The zero-order valence-electron chi connectivity index (χ0n) is 9.65. The lowest BCUT2D eigenvalue weighted by Crippen LogP contribution is -2.53. The van der Waals surface area contributed by atoms with Gasteiger partial charge in [0.2, 0.25) is 11.8 Å². The summed E-state index contributed by atoms with van der Waals surface area (Å²) < 4.78 is 4.60. The Morgan fingerprint density at radius 2 is 1.88 bits per heavy atom. The van der Waals surface area contributed by atoms with Gasteiger partial charge in [-0.3, -0.25) is 19.3 Å². The Hall–Kier alpha value is -1.43. The molecular weight excluding hydrogens is 212 g/mol. The molecule has 1 N–H and O–H groups in total. The van der Waals surface area contributed by atoms with Crippen LogP contribution in [-0.4, -0.2) is 48.9 Å². The van der Waals surface area contributed by atoms with Gasteiger partial charge in [-0.15, -0.1) is 0 Å². The molecule has 1 fully saturated rings. The number of likely N-dealkylation sites (tertiary alicyclic amines) is 1. The first-order valence-corrected chi connectivity index (χ1v) is 5.13. The molecule has 1 saturated heterocycles. The van der Waals surface area contributed by atoms with Crippen LogP contribution in [0, 0.1) is 0 Å². The maximum Gasteiger partial charge on any atom is 0.325 e. The first-order valence-electron chi connectivity index (χ1n) is 5.13. The van der Waals surface area contributed by atoms with Crippen molar-refractivity contribution >= 4 is 17.8 Å². The molecule has 0 saturated carbocycles. The van der Waals surface area contributed by atoms with Crippen LogP contribution in [0.1, 0.15) is 19.8 Å². The summed E-state index contributed by atoms with van der Waals surface area (Å²) in [5.74, 6) is -0.953. The number of methoxy groups -OCH3 is 1. The van der Waals surface area contributed by atoms with Gasteiger partial charge in [-0.2, -0.15) is 0 Å². The molecule has 16 heavy (non-hydrogen) atoms. The van der Waals surface area contributed by atoms with Crippen molar-refractivity contribution in [2.75, 3.05) is 14.2 Å². The monoisotopic (exact) mass is 228 g/mol. The van der Waals surface area contributed by atoms with E-state index in [1.807, 2.05) is 0 Å². The van der Waals surface area contributed by atoms with Crippen molar-refractivity contribution in [2.24, 2.45) is 0 Å². The Balaban J connectivity index is 2.82. The molecule has 2 atom stereocenters. The van der Waals surface area contributed by atoms with E-state index in [1.54, 1.807) is 14.0 Å². The fraction of sp³-hybridized carbons (Fsp3) is 0.700. The minimum absolute atomic E-state index is 0.223. The van der Waals surface area contributed by atoms with Crippen LogP contribution in [0.3, 0.4) is 0 Å². The number of nitrogens with zero attached hydrogens (tertiary/aromatic N) is 1. The maximum absolute atomic E-state index is 11.5. The van der Waals surface area contributed by atoms with Crippen LogP contribution < -0.4 is 5.32 Å². The van der Waals surface area contributed by atoms with E-state index < -0.39 is 18.1 Å². The predicted molar refractivity (Wildman–Crippen MR) is 55.4 cm³/mol. The average molecular weight is 228 g/mol. The van der Waals surface area contributed by atoms with Gasteiger partial charge in [-0.1, -0.05) is 0 Å². The first kappa shape index (κ1) is 12.6. The molecule has 2 amide bonds. The SMILES string of the molecule is CNC(C(=O)OC)C(C)N1C(=O)CCC1=O. The van der Waals surface area contributed by atoms with Crippen LogP contribution in [0.15, 0.2) is 0 Å². The van der Waals surface area contributed by atoms with Crippen LogP contribution in [0.4, 0.5) is 0 Å². The summed E-state index contributed by atoms with van der Waals surface area (Å²) in [6.45, 7) is 1.65. The summed E-state index contributed by atoms with van der Waals surface area (Å²) in [6, 6.07) is -1.21. The van der Waals surface area contributed by atoms with Gasteiger partial charge in [0.1, 0.15) is 6.04 Å². The second-order valence-electron chi connectivity index (χ2n) is 3.69. The molecule has 0 aromatic carbocycles. The van der Waals surface area contributed by atoms with Gasteiger partial charge in [0.15, 0.2) is 0 Å². The molecule has 6 nitrogen and oxygen atoms in total. The van der Waals surface area contributed by atoms with Gasteiger partial charge in [-0.25, -0.2) is 0 Å². The average Bonchev–Trinajstić information content (AvgIpc) is 2.59. The third kappa shape index (κ3) is 2.21. The number of ether oxygens (including phenoxy) is 1. The fourth-order valence-electron chi connectivity index (χ4n) is 1.88. The van der Waals surface area contributed by atoms with Gasteiger partial charge in [0.25, 0.3) is 0 Å². The summed E-state index contributed by atoms with van der Waals surface area (Å²) in [5, 5.41) is 2.75. The Labute approximate surface area is 93.9 Å². The molecule has 0 bridgehead atoms. The van der Waals surface area contributed by atoms with Crippen LogP contribution >= 0.6 is 0 Å². The van der Waals surface area contributed by atoms with E-state index in [0.29, 0.717) is 0 Å². The molecule has 2 unspecified atom stereocenters. The van der Waals surface area contributed by atoms with E-state index in [1.165, 1.54) is 7.11 Å². The summed E-state index contributed by atoms with van der Waals surface area (Å²) >= 11 is 0. The topological polar surface area (TPSA) is 75.7 Å². The van der Waals surface area contributed by atoms with Crippen molar-refractivity contribution in [1.82, 2.24) is 10.2 Å². The summed E-state index contributed by atoms with van der Waals surface area (Å²) in [5.41, 5.74) is 0. The van der Waals surface area contributed by atoms with E-state index in [-0.39, 0.29) is 24.7 Å². The third-order valence-corrected chi connectivity index (χ3v) is 2.75. The number of esters is 1. The van der Waals surface area contributed by atoms with Crippen molar-refractivity contribution in [1.29, 1.82) is 0 Å². The van der Waals surface area contributed by atoms with Crippen LogP contribution in [0.2, 0.25) is 0 Å². The predicted octanol–water partition coefficient (Wildman–Crippen LogP) is -0.715. The molecule has 1 aliphatic rings. The number of hydrogen-bond donors (Lipinski definition) is 1. The number of likely N-dealkylation sites (N-methyl/N-ethyl adjacent to an activating group) is 1. The van der Waals surface area contributed by atoms with Crippen molar-refractivity contribution in [2.45, 2.75) is 31.8 Å². The van der Waals surface area contributed by atoms with Gasteiger partial charge in [0.05, 0.1) is 13.2 Å². The Morgan fingerprint density at radius 3 is 2.25 bits per heavy atom. The number of carbonyl (C=O) groups excluding carboxylic acids is 3. The highest BCUT2D eigenvalue weighted by Crippen LogP contribution is 2.17. The standard InChI is InChI=1S/C10H16N2O4/c1-6(9(11-2)10(15)16-3)12-7(13)4-5-8(12)14/h6,9,11H,4-5H2,1-3H3. The smallest absolute Gasteiger partial charge is 0.325 e. The molecular formula is C10H16N2O4. The van der Waals surface area contributed by atoms with Crippen molar-refractivity contribution < 1.29 is 19.1 Å². The number of amides is 2. The van der Waals surface area contributed by atoms with Crippen LogP contribution in [0.25, 0.3) is 0 Å².